The van der Waals surface area contributed by atoms with Gasteiger partial charge in [-0.3, -0.25) is 14.4 Å². The van der Waals surface area contributed by atoms with Crippen LogP contribution in [-0.4, -0.2) is 37.2 Å². The van der Waals surface area contributed by atoms with Gasteiger partial charge in [0.2, 0.25) is 0 Å². The van der Waals surface area contributed by atoms with Gasteiger partial charge in [-0.25, -0.2) is 0 Å². The quantitative estimate of drug-likeness (QED) is 0.0261. The molecular weight excluding hydrogens is 949 g/mol. The van der Waals surface area contributed by atoms with Crippen LogP contribution < -0.4 is 0 Å². The van der Waals surface area contributed by atoms with E-state index in [0.29, 0.717) is 19.3 Å². The number of unbranched alkanes of at least 4 members (excludes halogenated alkanes) is 23. The van der Waals surface area contributed by atoms with E-state index in [-0.39, 0.29) is 31.1 Å². The minimum atomic E-state index is -0.803. The maximum Gasteiger partial charge on any atom is 0.306 e. The molecule has 0 spiro atoms. The Bertz CT molecular complexity index is 1650. The Morgan fingerprint density at radius 2 is 0.506 bits per heavy atom. The molecule has 0 fully saturated rings. The summed E-state index contributed by atoms with van der Waals surface area (Å²) < 4.78 is 16.9. The molecule has 0 aliphatic heterocycles. The Morgan fingerprint density at radius 3 is 0.792 bits per heavy atom. The second-order valence-electron chi connectivity index (χ2n) is 20.5. The maximum absolute atomic E-state index is 12.9. The molecule has 436 valence electrons. The lowest BCUT2D eigenvalue weighted by molar-refractivity contribution is -0.167. The summed E-state index contributed by atoms with van der Waals surface area (Å²) in [6.45, 7) is 6.37. The average molecular weight is 1070 g/mol. The maximum atomic E-state index is 12.9. The van der Waals surface area contributed by atoms with Gasteiger partial charge in [-0.2, -0.15) is 0 Å². The van der Waals surface area contributed by atoms with Gasteiger partial charge < -0.3 is 14.2 Å². The van der Waals surface area contributed by atoms with E-state index in [1.165, 1.54) is 83.5 Å². The summed E-state index contributed by atoms with van der Waals surface area (Å²) in [5, 5.41) is 0. The first-order valence-corrected chi connectivity index (χ1v) is 31.7. The molecule has 0 aromatic heterocycles. The smallest absolute Gasteiger partial charge is 0.306 e. The van der Waals surface area contributed by atoms with Gasteiger partial charge in [0.15, 0.2) is 6.10 Å². The van der Waals surface area contributed by atoms with Gasteiger partial charge in [-0.1, -0.05) is 257 Å². The van der Waals surface area contributed by atoms with Crippen molar-refractivity contribution in [1.82, 2.24) is 0 Å². The lowest BCUT2D eigenvalue weighted by atomic mass is 10.1. The van der Waals surface area contributed by atoms with Gasteiger partial charge in [0.25, 0.3) is 0 Å². The number of ether oxygens (including phenoxy) is 3. The zero-order valence-corrected chi connectivity index (χ0v) is 49.9. The van der Waals surface area contributed by atoms with Gasteiger partial charge in [0, 0.05) is 19.3 Å². The molecule has 0 saturated heterocycles. The molecule has 0 rings (SSSR count). The summed E-state index contributed by atoms with van der Waals surface area (Å²) in [5.74, 6) is -0.931. The Labute approximate surface area is 475 Å². The molecule has 0 aliphatic rings. The van der Waals surface area contributed by atoms with Crippen molar-refractivity contribution < 1.29 is 28.6 Å². The third-order valence-electron chi connectivity index (χ3n) is 13.1. The van der Waals surface area contributed by atoms with Crippen LogP contribution in [0, 0.1) is 0 Å². The van der Waals surface area contributed by atoms with Gasteiger partial charge in [0.1, 0.15) is 13.2 Å². The lowest BCUT2D eigenvalue weighted by Gasteiger charge is -2.18. The molecule has 77 heavy (non-hydrogen) atoms. The van der Waals surface area contributed by atoms with E-state index in [4.69, 9.17) is 14.2 Å². The summed E-state index contributed by atoms with van der Waals surface area (Å²) in [4.78, 5) is 38.4. The molecule has 0 radical (unpaired) electrons. The third-order valence-corrected chi connectivity index (χ3v) is 13.1. The van der Waals surface area contributed by atoms with Crippen molar-refractivity contribution in [3.63, 3.8) is 0 Å². The van der Waals surface area contributed by atoms with Crippen LogP contribution >= 0.6 is 0 Å². The topological polar surface area (TPSA) is 78.9 Å². The van der Waals surface area contributed by atoms with Crippen molar-refractivity contribution >= 4 is 17.9 Å². The van der Waals surface area contributed by atoms with Crippen LogP contribution in [0.25, 0.3) is 0 Å². The van der Waals surface area contributed by atoms with Crippen molar-refractivity contribution in [2.75, 3.05) is 13.2 Å². The van der Waals surface area contributed by atoms with Crippen molar-refractivity contribution in [1.29, 1.82) is 0 Å². The molecule has 0 heterocycles. The first kappa shape index (κ1) is 72.5. The minimum Gasteiger partial charge on any atom is -0.462 e. The highest BCUT2D eigenvalue weighted by atomic mass is 16.6. The predicted octanol–water partition coefficient (Wildman–Crippen LogP) is 21.8. The zero-order valence-electron chi connectivity index (χ0n) is 49.9. The lowest BCUT2D eigenvalue weighted by Crippen LogP contribution is -2.30. The van der Waals surface area contributed by atoms with Crippen LogP contribution in [0.2, 0.25) is 0 Å². The number of hydrogen-bond donors (Lipinski definition) is 0. The fraction of sp³-hybridized carbons (Fsp3) is 0.648. The molecule has 0 aromatic rings. The van der Waals surface area contributed by atoms with Crippen LogP contribution in [0.3, 0.4) is 0 Å². The normalized spacial score (nSPS) is 13.0. The third kappa shape index (κ3) is 62.3. The van der Waals surface area contributed by atoms with E-state index in [1.807, 2.05) is 0 Å². The first-order valence-electron chi connectivity index (χ1n) is 31.7. The summed E-state index contributed by atoms with van der Waals surface area (Å²) in [6, 6.07) is 0. The Hall–Kier alpha value is -4.45. The Morgan fingerprint density at radius 1 is 0.273 bits per heavy atom. The summed E-state index contributed by atoms with van der Waals surface area (Å²) in [7, 11) is 0. The number of esters is 3. The van der Waals surface area contributed by atoms with Gasteiger partial charge in [-0.05, 0) is 135 Å². The molecule has 0 aliphatic carbocycles. The molecule has 6 heteroatoms. The first-order chi connectivity index (χ1) is 38.0. The number of allylic oxidation sites excluding steroid dienone is 22. The van der Waals surface area contributed by atoms with Gasteiger partial charge in [-0.15, -0.1) is 0 Å². The highest BCUT2D eigenvalue weighted by Gasteiger charge is 2.19. The van der Waals surface area contributed by atoms with E-state index in [2.05, 4.69) is 154 Å². The molecule has 0 aromatic carbocycles. The Balaban J connectivity index is 4.48. The van der Waals surface area contributed by atoms with Crippen LogP contribution in [0.1, 0.15) is 278 Å². The summed E-state index contributed by atoms with van der Waals surface area (Å²) >= 11 is 0. The van der Waals surface area contributed by atoms with Gasteiger partial charge >= 0.3 is 17.9 Å². The SMILES string of the molecule is CC/C=C\C/C=C\C/C=C\C/C=C\C/C=C\CCCCCCCC(=O)OCC(COC(=O)CCCCCCCCCCC/C=C\C/C=C\CCCCC)OC(=O)CCCCCCCC/C=C\C/C=C\C/C=C\C/C=C\CC. The number of carbonyl (C=O) groups excluding carboxylic acids is 3. The van der Waals surface area contributed by atoms with Gasteiger partial charge in [0.05, 0.1) is 0 Å². The van der Waals surface area contributed by atoms with Crippen LogP contribution in [0.4, 0.5) is 0 Å². The fourth-order valence-corrected chi connectivity index (χ4v) is 8.43. The fourth-order valence-electron chi connectivity index (χ4n) is 8.43. The Kier molecular flexibility index (Phi) is 60.4. The second-order valence-corrected chi connectivity index (χ2v) is 20.5. The van der Waals surface area contributed by atoms with E-state index in [0.717, 1.165) is 154 Å². The number of rotatable bonds is 56. The number of carbonyl (C=O) groups is 3. The molecule has 1 unspecified atom stereocenters. The standard InChI is InChI=1S/C71H116O6/c1-4-7-10-13-16-19-22-25-28-31-34-35-38-40-43-46-49-52-55-58-61-64-70(73)76-67-68(77-71(74)65-62-59-56-53-50-47-44-41-37-33-30-27-24-21-18-15-12-9-6-3)66-75-69(72)63-60-57-54-51-48-45-42-39-36-32-29-26-23-20-17-14-11-8-5-2/h7,9-10,12,16-21,25-30,34-35,37,40-41,43,68H,4-6,8,11,13-15,22-24,31-33,36,38-39,42,44-67H2,1-3H3/b10-7-,12-9-,19-16-,20-17-,21-18-,28-25-,29-26-,30-27-,35-34-,41-37-,43-40-. The molecule has 0 amide bonds. The van der Waals surface area contributed by atoms with E-state index in [9.17, 15) is 14.4 Å². The van der Waals surface area contributed by atoms with Crippen LogP contribution in [-0.2, 0) is 28.6 Å². The number of hydrogen-bond acceptors (Lipinski definition) is 6. The summed E-state index contributed by atoms with van der Waals surface area (Å²) in [6.07, 6.45) is 90.1. The molecule has 1 atom stereocenters. The molecule has 6 nitrogen and oxygen atoms in total. The van der Waals surface area contributed by atoms with Crippen LogP contribution in [0.5, 0.6) is 0 Å². The van der Waals surface area contributed by atoms with Crippen molar-refractivity contribution in [2.24, 2.45) is 0 Å². The van der Waals surface area contributed by atoms with Crippen LogP contribution in [0.15, 0.2) is 134 Å². The predicted molar refractivity (Wildman–Crippen MR) is 334 cm³/mol. The monoisotopic (exact) mass is 1060 g/mol. The minimum absolute atomic E-state index is 0.0962. The second kappa shape index (κ2) is 64.1. The van der Waals surface area contributed by atoms with E-state index >= 15 is 0 Å². The zero-order chi connectivity index (χ0) is 55.7. The molecule has 0 bridgehead atoms. The van der Waals surface area contributed by atoms with E-state index in [1.54, 1.807) is 0 Å². The largest absolute Gasteiger partial charge is 0.462 e. The average Bonchev–Trinajstić information content (AvgIpc) is 3.43. The molecular formula is C71H116O6. The van der Waals surface area contributed by atoms with Crippen molar-refractivity contribution in [2.45, 2.75) is 284 Å². The highest BCUT2D eigenvalue weighted by Crippen LogP contribution is 2.15. The van der Waals surface area contributed by atoms with E-state index < -0.39 is 6.10 Å². The van der Waals surface area contributed by atoms with Crippen molar-refractivity contribution in [3.8, 4) is 0 Å². The molecule has 0 N–H and O–H groups in total. The van der Waals surface area contributed by atoms with Crippen molar-refractivity contribution in [3.05, 3.63) is 134 Å². The molecule has 0 saturated carbocycles. The highest BCUT2D eigenvalue weighted by molar-refractivity contribution is 5.71. The summed E-state index contributed by atoms with van der Waals surface area (Å²) in [5.41, 5.74) is 0.